The lowest BCUT2D eigenvalue weighted by Crippen LogP contribution is -2.34. The van der Waals surface area contributed by atoms with E-state index >= 15 is 0 Å². The van der Waals surface area contributed by atoms with Crippen LogP contribution in [0.15, 0.2) is 34.6 Å². The van der Waals surface area contributed by atoms with Crippen LogP contribution < -0.4 is 10.9 Å². The van der Waals surface area contributed by atoms with Crippen molar-refractivity contribution in [1.29, 1.82) is 0 Å². The molecule has 0 saturated heterocycles. The van der Waals surface area contributed by atoms with E-state index < -0.39 is 11.4 Å². The molecule has 0 unspecified atom stereocenters. The summed E-state index contributed by atoms with van der Waals surface area (Å²) in [7, 11) is 0. The Kier molecular flexibility index (Phi) is 4.66. The maximum atomic E-state index is 13.4. The van der Waals surface area contributed by atoms with Crippen LogP contribution in [0.4, 0.5) is 4.39 Å². The molecule has 0 bridgehead atoms. The maximum absolute atomic E-state index is 13.4. The number of benzene rings is 1. The SMILES string of the molecule is Cc1nc2ccc(F)cc2c(=O)n1CC(=O)NCCc1nccs1. The first-order valence-corrected chi connectivity index (χ1v) is 8.24. The maximum Gasteiger partial charge on any atom is 0.261 e. The van der Waals surface area contributed by atoms with Gasteiger partial charge in [0, 0.05) is 24.5 Å². The van der Waals surface area contributed by atoms with E-state index in [9.17, 15) is 14.0 Å². The molecule has 3 aromatic rings. The number of carbonyl (C=O) groups is 1. The Morgan fingerprint density at radius 1 is 1.42 bits per heavy atom. The first-order chi connectivity index (χ1) is 11.5. The van der Waals surface area contributed by atoms with Gasteiger partial charge in [0.15, 0.2) is 0 Å². The van der Waals surface area contributed by atoms with E-state index in [1.807, 2.05) is 5.38 Å². The van der Waals surface area contributed by atoms with Gasteiger partial charge in [0.25, 0.3) is 5.56 Å². The first-order valence-electron chi connectivity index (χ1n) is 7.36. The molecule has 3 rings (SSSR count). The van der Waals surface area contributed by atoms with Crippen molar-refractivity contribution in [2.24, 2.45) is 0 Å². The molecule has 0 saturated carbocycles. The summed E-state index contributed by atoms with van der Waals surface area (Å²) in [6.07, 6.45) is 2.35. The minimum atomic E-state index is -0.510. The lowest BCUT2D eigenvalue weighted by atomic mass is 10.2. The molecule has 0 radical (unpaired) electrons. The van der Waals surface area contributed by atoms with Gasteiger partial charge in [-0.25, -0.2) is 14.4 Å². The van der Waals surface area contributed by atoms with Crippen molar-refractivity contribution in [3.63, 3.8) is 0 Å². The van der Waals surface area contributed by atoms with E-state index in [0.717, 1.165) is 11.1 Å². The van der Waals surface area contributed by atoms with Gasteiger partial charge in [-0.1, -0.05) is 0 Å². The monoisotopic (exact) mass is 346 g/mol. The average molecular weight is 346 g/mol. The topological polar surface area (TPSA) is 76.9 Å². The van der Waals surface area contributed by atoms with Crippen molar-refractivity contribution in [1.82, 2.24) is 19.9 Å². The van der Waals surface area contributed by atoms with Gasteiger partial charge in [-0.2, -0.15) is 0 Å². The Morgan fingerprint density at radius 3 is 3.00 bits per heavy atom. The first kappa shape index (κ1) is 16.3. The number of halogens is 1. The summed E-state index contributed by atoms with van der Waals surface area (Å²) < 4.78 is 14.6. The van der Waals surface area contributed by atoms with Gasteiger partial charge in [-0.15, -0.1) is 11.3 Å². The quantitative estimate of drug-likeness (QED) is 0.762. The number of aryl methyl sites for hydroxylation is 1. The van der Waals surface area contributed by atoms with E-state index in [1.54, 1.807) is 13.1 Å². The molecule has 1 aromatic carbocycles. The molecular weight excluding hydrogens is 331 g/mol. The summed E-state index contributed by atoms with van der Waals surface area (Å²) in [5.41, 5.74) is -0.00796. The third-order valence-electron chi connectivity index (χ3n) is 3.55. The van der Waals surface area contributed by atoms with Crippen LogP contribution >= 0.6 is 11.3 Å². The molecule has 0 fully saturated rings. The summed E-state index contributed by atoms with van der Waals surface area (Å²) in [5.74, 6) is -0.395. The van der Waals surface area contributed by atoms with Gasteiger partial charge in [0.05, 0.1) is 15.9 Å². The van der Waals surface area contributed by atoms with Crippen molar-refractivity contribution in [3.05, 3.63) is 56.8 Å². The van der Waals surface area contributed by atoms with Gasteiger partial charge >= 0.3 is 0 Å². The van der Waals surface area contributed by atoms with E-state index in [2.05, 4.69) is 15.3 Å². The number of hydrogen-bond donors (Lipinski definition) is 1. The molecule has 0 aliphatic heterocycles. The third kappa shape index (κ3) is 3.48. The Hall–Kier alpha value is -2.61. The molecule has 0 atom stereocenters. The van der Waals surface area contributed by atoms with Crippen LogP contribution in [0.25, 0.3) is 10.9 Å². The number of amides is 1. The highest BCUT2D eigenvalue weighted by atomic mass is 32.1. The number of fused-ring (bicyclic) bond motifs is 1. The van der Waals surface area contributed by atoms with E-state index in [0.29, 0.717) is 24.3 Å². The standard InChI is InChI=1S/C16H15FN4O2S/c1-10-20-13-3-2-11(17)8-12(13)16(23)21(10)9-14(22)18-5-4-15-19-6-7-24-15/h2-3,6-8H,4-5,9H2,1H3,(H,18,22). The minimum Gasteiger partial charge on any atom is -0.354 e. The predicted molar refractivity (Wildman–Crippen MR) is 89.5 cm³/mol. The molecule has 2 aromatic heterocycles. The molecule has 6 nitrogen and oxygen atoms in total. The molecular formula is C16H15FN4O2S. The number of nitrogens with one attached hydrogen (secondary N) is 1. The lowest BCUT2D eigenvalue weighted by Gasteiger charge is -2.11. The number of aromatic nitrogens is 3. The fraction of sp³-hybridized carbons (Fsp3) is 0.250. The molecule has 1 N–H and O–H groups in total. The fourth-order valence-corrected chi connectivity index (χ4v) is 3.00. The fourth-order valence-electron chi connectivity index (χ4n) is 2.38. The summed E-state index contributed by atoms with van der Waals surface area (Å²) in [6.45, 7) is 1.94. The van der Waals surface area contributed by atoms with Crippen LogP contribution in [0.2, 0.25) is 0 Å². The highest BCUT2D eigenvalue weighted by molar-refractivity contribution is 7.09. The summed E-state index contributed by atoms with van der Waals surface area (Å²) in [4.78, 5) is 32.9. The second-order valence-corrected chi connectivity index (χ2v) is 6.22. The van der Waals surface area contributed by atoms with Gasteiger partial charge in [-0.05, 0) is 25.1 Å². The van der Waals surface area contributed by atoms with Crippen molar-refractivity contribution in [2.75, 3.05) is 6.54 Å². The number of thiazole rings is 1. The van der Waals surface area contributed by atoms with E-state index in [4.69, 9.17) is 0 Å². The van der Waals surface area contributed by atoms with Crippen LogP contribution in [0.1, 0.15) is 10.8 Å². The predicted octanol–water partition coefficient (Wildman–Crippen LogP) is 1.66. The second-order valence-electron chi connectivity index (χ2n) is 5.24. The van der Waals surface area contributed by atoms with Crippen LogP contribution in [-0.2, 0) is 17.8 Å². The largest absolute Gasteiger partial charge is 0.354 e. The van der Waals surface area contributed by atoms with Crippen LogP contribution in [0.5, 0.6) is 0 Å². The van der Waals surface area contributed by atoms with Crippen molar-refractivity contribution >= 4 is 28.1 Å². The molecule has 24 heavy (non-hydrogen) atoms. The zero-order chi connectivity index (χ0) is 17.1. The van der Waals surface area contributed by atoms with Crippen LogP contribution in [0, 0.1) is 12.7 Å². The van der Waals surface area contributed by atoms with Gasteiger partial charge < -0.3 is 5.32 Å². The molecule has 8 heteroatoms. The summed E-state index contributed by atoms with van der Waals surface area (Å²) in [6, 6.07) is 3.85. The Labute approximate surface area is 141 Å². The molecule has 0 spiro atoms. The van der Waals surface area contributed by atoms with Crippen LogP contribution in [0.3, 0.4) is 0 Å². The zero-order valence-electron chi connectivity index (χ0n) is 13.0. The van der Waals surface area contributed by atoms with Gasteiger partial charge in [-0.3, -0.25) is 14.2 Å². The highest BCUT2D eigenvalue weighted by Crippen LogP contribution is 2.10. The van der Waals surface area contributed by atoms with Gasteiger partial charge in [0.1, 0.15) is 18.2 Å². The average Bonchev–Trinajstić information content (AvgIpc) is 3.06. The number of rotatable bonds is 5. The number of nitrogens with zero attached hydrogens (tertiary/aromatic N) is 3. The normalized spacial score (nSPS) is 10.9. The summed E-state index contributed by atoms with van der Waals surface area (Å²) >= 11 is 1.52. The van der Waals surface area contributed by atoms with E-state index in [-0.39, 0.29) is 17.8 Å². The van der Waals surface area contributed by atoms with Crippen molar-refractivity contribution in [2.45, 2.75) is 19.9 Å². The Bertz CT molecular complexity index is 937. The van der Waals surface area contributed by atoms with Crippen molar-refractivity contribution in [3.8, 4) is 0 Å². The Morgan fingerprint density at radius 2 is 2.25 bits per heavy atom. The number of carbonyl (C=O) groups excluding carboxylic acids is 1. The smallest absolute Gasteiger partial charge is 0.261 e. The molecule has 0 aliphatic rings. The molecule has 2 heterocycles. The summed E-state index contributed by atoms with van der Waals surface area (Å²) in [5, 5.41) is 5.72. The van der Waals surface area contributed by atoms with Crippen molar-refractivity contribution < 1.29 is 9.18 Å². The molecule has 0 aliphatic carbocycles. The molecule has 124 valence electrons. The second kappa shape index (κ2) is 6.88. The zero-order valence-corrected chi connectivity index (χ0v) is 13.8. The van der Waals surface area contributed by atoms with E-state index in [1.165, 1.54) is 28.0 Å². The Balaban J connectivity index is 1.74. The van der Waals surface area contributed by atoms with Crippen LogP contribution in [-0.4, -0.2) is 27.0 Å². The molecule has 1 amide bonds. The third-order valence-corrected chi connectivity index (χ3v) is 4.39. The minimum absolute atomic E-state index is 0.151. The van der Waals surface area contributed by atoms with Gasteiger partial charge in [0.2, 0.25) is 5.91 Å². The highest BCUT2D eigenvalue weighted by Gasteiger charge is 2.12. The number of hydrogen-bond acceptors (Lipinski definition) is 5. The lowest BCUT2D eigenvalue weighted by molar-refractivity contribution is -0.121.